The third-order valence-electron chi connectivity index (χ3n) is 7.43. The number of hydrogen-bond acceptors (Lipinski definition) is 11. The summed E-state index contributed by atoms with van der Waals surface area (Å²) in [7, 11) is -7.52. The Bertz CT molecular complexity index is 1670. The van der Waals surface area contributed by atoms with Crippen molar-refractivity contribution >= 4 is 37.0 Å². The van der Waals surface area contributed by atoms with Gasteiger partial charge >= 0.3 is 0 Å². The van der Waals surface area contributed by atoms with E-state index in [4.69, 9.17) is 0 Å². The minimum atomic E-state index is -4.20. The van der Waals surface area contributed by atoms with Gasteiger partial charge in [-0.15, -0.1) is 9.19 Å². The number of aliphatic hydroxyl groups is 1. The minimum absolute atomic E-state index is 0.00641. The van der Waals surface area contributed by atoms with Crippen LogP contribution in [0, 0.1) is 0 Å². The summed E-state index contributed by atoms with van der Waals surface area (Å²) in [5, 5.41) is 18.4. The Balaban J connectivity index is 1.53. The molecule has 1 saturated heterocycles. The molecular weight excluding hydrogens is 574 g/mol. The number of sulfonamides is 1. The number of nitrogens with one attached hydrogen (secondary N) is 1. The number of nitrogens with zero attached hydrogens (tertiary/aromatic N) is 7. The number of anilines is 1. The van der Waals surface area contributed by atoms with Crippen LogP contribution in [0.2, 0.25) is 0 Å². The Labute approximate surface area is 228 Å². The van der Waals surface area contributed by atoms with Gasteiger partial charge in [0.1, 0.15) is 29.7 Å². The summed E-state index contributed by atoms with van der Waals surface area (Å²) in [6, 6.07) is -0.375. The van der Waals surface area contributed by atoms with E-state index >= 15 is 0 Å². The summed E-state index contributed by atoms with van der Waals surface area (Å²) >= 11 is 0. The van der Waals surface area contributed by atoms with Crippen molar-refractivity contribution in [2.24, 2.45) is 0 Å². The summed E-state index contributed by atoms with van der Waals surface area (Å²) < 4.78 is 80.2. The largest absolute Gasteiger partial charge is 0.387 e. The van der Waals surface area contributed by atoms with Crippen LogP contribution in [0.3, 0.4) is 0 Å². The first-order valence-electron chi connectivity index (χ1n) is 12.5. The van der Waals surface area contributed by atoms with Crippen molar-refractivity contribution in [1.29, 1.82) is 0 Å². The van der Waals surface area contributed by atoms with Gasteiger partial charge in [0.05, 0.1) is 17.9 Å². The van der Waals surface area contributed by atoms with Gasteiger partial charge in [-0.1, -0.05) is 0 Å². The third-order valence-corrected chi connectivity index (χ3v) is 10.4. The number of aromatic nitrogens is 6. The van der Waals surface area contributed by atoms with Gasteiger partial charge in [-0.05, 0) is 38.2 Å². The van der Waals surface area contributed by atoms with Crippen LogP contribution < -0.4 is 10.9 Å². The molecule has 2 aliphatic rings. The van der Waals surface area contributed by atoms with Gasteiger partial charge in [-0.3, -0.25) is 9.36 Å². The molecule has 14 nitrogen and oxygen atoms in total. The van der Waals surface area contributed by atoms with E-state index in [2.05, 4.69) is 25.4 Å². The molecule has 218 valence electrons. The van der Waals surface area contributed by atoms with Gasteiger partial charge in [-0.2, -0.15) is 4.98 Å². The first kappa shape index (κ1) is 28.4. The van der Waals surface area contributed by atoms with Crippen LogP contribution in [0.4, 0.5) is 14.7 Å². The van der Waals surface area contributed by atoms with Crippen molar-refractivity contribution in [3.8, 4) is 0 Å². The van der Waals surface area contributed by atoms with E-state index < -0.39 is 55.0 Å². The molecule has 5 rings (SSSR count). The smallest absolute Gasteiger partial charge is 0.269 e. The maximum absolute atomic E-state index is 13.9. The van der Waals surface area contributed by atoms with Gasteiger partial charge in [0.2, 0.25) is 16.0 Å². The molecule has 18 heteroatoms. The lowest BCUT2D eigenvalue weighted by molar-refractivity contribution is 0.0291. The van der Waals surface area contributed by atoms with Gasteiger partial charge in [0.15, 0.2) is 0 Å². The third kappa shape index (κ3) is 5.44. The van der Waals surface area contributed by atoms with Gasteiger partial charge in [0.25, 0.3) is 22.0 Å². The van der Waals surface area contributed by atoms with Gasteiger partial charge < -0.3 is 10.4 Å². The van der Waals surface area contributed by atoms with Crippen LogP contribution in [0.1, 0.15) is 50.1 Å². The lowest BCUT2D eigenvalue weighted by Crippen LogP contribution is -2.46. The Kier molecular flexibility index (Phi) is 7.38. The summed E-state index contributed by atoms with van der Waals surface area (Å²) in [6.45, 7) is 0.587. The fourth-order valence-corrected chi connectivity index (χ4v) is 7.83. The molecule has 1 aliphatic carbocycles. The Morgan fingerprint density at radius 2 is 1.93 bits per heavy atom. The van der Waals surface area contributed by atoms with Crippen LogP contribution >= 0.6 is 0 Å². The quantitative estimate of drug-likeness (QED) is 0.366. The molecule has 40 heavy (non-hydrogen) atoms. The second-order valence-corrected chi connectivity index (χ2v) is 14.0. The molecule has 1 saturated carbocycles. The van der Waals surface area contributed by atoms with Crippen LogP contribution in [0.5, 0.6) is 0 Å². The highest BCUT2D eigenvalue weighted by Crippen LogP contribution is 2.41. The molecule has 3 aromatic heterocycles. The summed E-state index contributed by atoms with van der Waals surface area (Å²) in [6.07, 6.45) is 2.67. The summed E-state index contributed by atoms with van der Waals surface area (Å²) in [5.41, 5.74) is -3.93. The van der Waals surface area contributed by atoms with E-state index in [1.54, 1.807) is 0 Å². The number of fused-ring (bicyclic) bond motifs is 1. The molecule has 4 heterocycles. The van der Waals surface area contributed by atoms with E-state index in [9.17, 15) is 35.5 Å². The summed E-state index contributed by atoms with van der Waals surface area (Å²) in [5.74, 6) is -0.740. The topological polar surface area (TPSA) is 182 Å². The highest BCUT2D eigenvalue weighted by molar-refractivity contribution is 7.89. The van der Waals surface area contributed by atoms with E-state index in [1.165, 1.54) is 10.5 Å². The van der Waals surface area contributed by atoms with Crippen LogP contribution in [-0.4, -0.2) is 91.7 Å². The van der Waals surface area contributed by atoms with Crippen molar-refractivity contribution in [1.82, 2.24) is 33.0 Å². The number of piperidine rings is 1. The molecule has 0 aromatic carbocycles. The van der Waals surface area contributed by atoms with Crippen LogP contribution in [0.25, 0.3) is 11.0 Å². The van der Waals surface area contributed by atoms with Crippen molar-refractivity contribution in [3.05, 3.63) is 40.8 Å². The number of alkyl halides is 2. The SMILES string of the molecule is CS(=O)(=O)N1CCC(Nc2ncc3cc(C(F)F)c(=O)n(C4CCCC4(O)CS(=O)(=O)n4cncn4)c3n2)CC1. The highest BCUT2D eigenvalue weighted by Gasteiger charge is 2.47. The second kappa shape index (κ2) is 10.4. The number of pyridine rings is 1. The van der Waals surface area contributed by atoms with Crippen LogP contribution in [-0.2, 0) is 20.0 Å². The number of hydrogen-bond donors (Lipinski definition) is 2. The standard InChI is InChI=1S/C22H28F2N8O6S2/c1-39(35,36)30-7-4-15(5-8-30)28-21-26-10-14-9-16(18(23)24)20(33)32(19(14)29-21)17-3-2-6-22(17,34)11-40(37,38)31-13-25-12-27-31/h9-10,12-13,15,17-18,34H,2-8,11H2,1H3,(H,26,28,29). The van der Waals surface area contributed by atoms with Crippen molar-refractivity contribution < 1.29 is 30.7 Å². The fraction of sp³-hybridized carbons (Fsp3) is 0.591. The number of rotatable bonds is 8. The molecule has 2 N–H and O–H groups in total. The molecule has 0 amide bonds. The zero-order chi connectivity index (χ0) is 28.9. The predicted octanol–water partition coefficient (Wildman–Crippen LogP) is 0.491. The summed E-state index contributed by atoms with van der Waals surface area (Å²) in [4.78, 5) is 25.6. The van der Waals surface area contributed by atoms with E-state index in [1.807, 2.05) is 0 Å². The molecule has 2 atom stereocenters. The maximum atomic E-state index is 13.9. The highest BCUT2D eigenvalue weighted by atomic mass is 32.2. The Morgan fingerprint density at radius 3 is 2.55 bits per heavy atom. The van der Waals surface area contributed by atoms with Crippen molar-refractivity contribution in [3.63, 3.8) is 0 Å². The predicted molar refractivity (Wildman–Crippen MR) is 139 cm³/mol. The molecule has 0 bridgehead atoms. The van der Waals surface area contributed by atoms with E-state index in [0.717, 1.165) is 29.5 Å². The molecule has 1 aliphatic heterocycles. The lowest BCUT2D eigenvalue weighted by Gasteiger charge is -2.32. The molecule has 0 radical (unpaired) electrons. The van der Waals surface area contributed by atoms with E-state index in [-0.39, 0.29) is 35.9 Å². The zero-order valence-corrected chi connectivity index (χ0v) is 23.0. The normalized spacial score (nSPS) is 23.3. The average molecular weight is 603 g/mol. The maximum Gasteiger partial charge on any atom is 0.269 e. The monoisotopic (exact) mass is 602 g/mol. The van der Waals surface area contributed by atoms with E-state index in [0.29, 0.717) is 36.4 Å². The number of halogens is 2. The first-order chi connectivity index (χ1) is 18.8. The van der Waals surface area contributed by atoms with Gasteiger partial charge in [-0.25, -0.2) is 39.9 Å². The fourth-order valence-electron chi connectivity index (χ4n) is 5.47. The first-order valence-corrected chi connectivity index (χ1v) is 16.0. The van der Waals surface area contributed by atoms with Crippen molar-refractivity contribution in [2.45, 2.75) is 56.2 Å². The molecule has 2 unspecified atom stereocenters. The molecular formula is C22H28F2N8O6S2. The second-order valence-electron chi connectivity index (χ2n) is 10.2. The molecule has 3 aromatic rings. The van der Waals surface area contributed by atoms with Gasteiger partial charge in [0, 0.05) is 30.7 Å². The Morgan fingerprint density at radius 1 is 1.20 bits per heavy atom. The Hall–Kier alpha value is -3.09. The lowest BCUT2D eigenvalue weighted by atomic mass is 9.99. The molecule has 2 fully saturated rings. The molecule has 0 spiro atoms. The van der Waals surface area contributed by atoms with Crippen molar-refractivity contribution in [2.75, 3.05) is 30.4 Å². The zero-order valence-electron chi connectivity index (χ0n) is 21.4. The minimum Gasteiger partial charge on any atom is -0.387 e. The van der Waals surface area contributed by atoms with Crippen LogP contribution in [0.15, 0.2) is 29.7 Å². The average Bonchev–Trinajstić information content (AvgIpc) is 3.54.